The highest BCUT2D eigenvalue weighted by Gasteiger charge is 2.50. The van der Waals surface area contributed by atoms with Gasteiger partial charge in [0, 0.05) is 44.3 Å². The van der Waals surface area contributed by atoms with Crippen LogP contribution in [0, 0.1) is 23.4 Å². The van der Waals surface area contributed by atoms with Gasteiger partial charge in [-0.05, 0) is 45.7 Å². The molecule has 0 saturated carbocycles. The largest absolute Gasteiger partial charge is 0.457 e. The number of aromatic nitrogens is 3. The molecule has 0 radical (unpaired) electrons. The normalized spacial score (nSPS) is 27.2. The predicted octanol–water partition coefficient (Wildman–Crippen LogP) is 3.14. The molecule has 3 aliphatic rings. The Hall–Kier alpha value is -3.76. The van der Waals surface area contributed by atoms with Crippen molar-refractivity contribution in [2.45, 2.75) is 95.5 Å². The molecule has 1 amide bonds. The van der Waals surface area contributed by atoms with Crippen molar-refractivity contribution in [1.82, 2.24) is 19.9 Å². The average molecular weight is 654 g/mol. The lowest BCUT2D eigenvalue weighted by Crippen LogP contribution is -2.57. The number of esters is 1. The minimum absolute atomic E-state index is 0.0370. The third kappa shape index (κ3) is 7.44. The van der Waals surface area contributed by atoms with E-state index in [1.54, 1.807) is 4.90 Å². The van der Waals surface area contributed by atoms with Crippen molar-refractivity contribution in [3.8, 4) is 11.3 Å². The molecule has 0 aliphatic carbocycles. The molecule has 3 aliphatic heterocycles. The maximum absolute atomic E-state index is 13.9. The topological polar surface area (TPSA) is 158 Å². The van der Waals surface area contributed by atoms with Gasteiger partial charge in [-0.25, -0.2) is 22.6 Å². The molecule has 2 aromatic rings. The van der Waals surface area contributed by atoms with Crippen LogP contribution in [0.5, 0.6) is 0 Å². The van der Waals surface area contributed by atoms with Crippen molar-refractivity contribution in [1.29, 1.82) is 0 Å². The fourth-order valence-electron chi connectivity index (χ4n) is 6.06. The van der Waals surface area contributed by atoms with Gasteiger partial charge in [-0.15, -0.1) is 5.10 Å². The minimum atomic E-state index is -1.63. The summed E-state index contributed by atoms with van der Waals surface area (Å²) in [7, 11) is 0. The zero-order valence-electron chi connectivity index (χ0n) is 25.9. The van der Waals surface area contributed by atoms with E-state index in [1.807, 2.05) is 20.8 Å². The van der Waals surface area contributed by atoms with Gasteiger partial charge in [0.25, 0.3) is 0 Å². The summed E-state index contributed by atoms with van der Waals surface area (Å²) in [4.78, 5) is 32.1. The van der Waals surface area contributed by atoms with Crippen LogP contribution < -0.4 is 0 Å². The van der Waals surface area contributed by atoms with Crippen LogP contribution in [0.25, 0.3) is 11.3 Å². The molecule has 2 N–H and O–H groups in total. The zero-order chi connectivity index (χ0) is 33.3. The number of hydrogen-bond donors (Lipinski definition) is 2. The van der Waals surface area contributed by atoms with Gasteiger partial charge in [-0.3, -0.25) is 4.79 Å². The molecule has 0 spiro atoms. The Morgan fingerprint density at radius 1 is 1.11 bits per heavy atom. The number of likely N-dealkylation sites (tertiary alicyclic amines) is 1. The first-order valence-electron chi connectivity index (χ1n) is 15.1. The van der Waals surface area contributed by atoms with E-state index in [2.05, 4.69) is 15.5 Å². The van der Waals surface area contributed by atoms with Crippen molar-refractivity contribution >= 4 is 17.8 Å². The summed E-state index contributed by atoms with van der Waals surface area (Å²) in [5, 5.41) is 33.4. The summed E-state index contributed by atoms with van der Waals surface area (Å²) in [5.41, 5.74) is 0.107. The summed E-state index contributed by atoms with van der Waals surface area (Å²) >= 11 is 0. The van der Waals surface area contributed by atoms with Crippen LogP contribution >= 0.6 is 0 Å². The Morgan fingerprint density at radius 2 is 1.78 bits per heavy atom. The lowest BCUT2D eigenvalue weighted by molar-refractivity contribution is -0.223. The maximum atomic E-state index is 13.9. The Labute approximate surface area is 263 Å². The Balaban J connectivity index is 1.28. The number of amides is 1. The Kier molecular flexibility index (Phi) is 9.89. The molecular formula is C30H38F3N5O8. The van der Waals surface area contributed by atoms with Gasteiger partial charge in [0.15, 0.2) is 23.6 Å². The van der Waals surface area contributed by atoms with Crippen LogP contribution in [0.2, 0.25) is 0 Å². The number of aliphatic hydroxyl groups is 2. The second kappa shape index (κ2) is 13.5. The first-order chi connectivity index (χ1) is 21.7. The molecular weight excluding hydrogens is 615 g/mol. The van der Waals surface area contributed by atoms with E-state index < -0.39 is 72.2 Å². The van der Waals surface area contributed by atoms with E-state index in [0.29, 0.717) is 32.4 Å². The molecule has 2 fully saturated rings. The average Bonchev–Trinajstić information content (AvgIpc) is 3.66. The van der Waals surface area contributed by atoms with Gasteiger partial charge < -0.3 is 34.2 Å². The van der Waals surface area contributed by atoms with Crippen LogP contribution in [-0.2, 0) is 23.8 Å². The third-order valence-electron chi connectivity index (χ3n) is 8.23. The third-order valence-corrected chi connectivity index (χ3v) is 8.23. The maximum Gasteiger partial charge on any atom is 0.410 e. The molecule has 5 rings (SSSR count). The minimum Gasteiger partial charge on any atom is -0.457 e. The van der Waals surface area contributed by atoms with Crippen molar-refractivity contribution in [2.75, 3.05) is 19.7 Å². The molecule has 0 bridgehead atoms. The first-order valence-corrected chi connectivity index (χ1v) is 15.1. The van der Waals surface area contributed by atoms with E-state index in [-0.39, 0.29) is 29.7 Å². The predicted molar refractivity (Wildman–Crippen MR) is 154 cm³/mol. The number of piperidine rings is 1. The summed E-state index contributed by atoms with van der Waals surface area (Å²) in [6, 6.07) is 0.383. The molecule has 46 heavy (non-hydrogen) atoms. The van der Waals surface area contributed by atoms with Gasteiger partial charge in [-0.2, -0.15) is 0 Å². The van der Waals surface area contributed by atoms with Crippen LogP contribution in [0.4, 0.5) is 18.0 Å². The number of benzene rings is 1. The van der Waals surface area contributed by atoms with E-state index in [4.69, 9.17) is 19.0 Å². The van der Waals surface area contributed by atoms with Gasteiger partial charge in [0.05, 0.1) is 18.5 Å². The summed E-state index contributed by atoms with van der Waals surface area (Å²) in [5.74, 6) is -5.05. The molecule has 252 valence electrons. The van der Waals surface area contributed by atoms with Crippen LogP contribution in [-0.4, -0.2) is 104 Å². The molecule has 1 aromatic heterocycles. The number of carbonyl (C=O) groups excluding carboxylic acids is 2. The van der Waals surface area contributed by atoms with Gasteiger partial charge in [0.2, 0.25) is 0 Å². The number of nitrogens with zero attached hydrogens (tertiary/aromatic N) is 5. The van der Waals surface area contributed by atoms with Crippen molar-refractivity contribution in [2.24, 2.45) is 11.1 Å². The number of hydrogen-bond acceptors (Lipinski definition) is 11. The standard InChI is InChI=1S/C30H38F3N5O8/c1-15(40)43-28-23(12-18-11-21(35-46-18)16-5-7-37(8-6-16)29(42)45-30(2,3)4)44-24(14-39)27(41)26(28)38-13-22(34-36-38)17-9-19(31)25(33)20(32)10-17/h9-10,13,16,18,23-24,26-28,39,41H,5-8,11-12,14H2,1-4H3/t18-,23-,24-,26+,27+,28+/m1/s1. The number of ether oxygens (including phenoxy) is 3. The lowest BCUT2D eigenvalue weighted by atomic mass is 9.86. The second-order valence-electron chi connectivity index (χ2n) is 12.8. The highest BCUT2D eigenvalue weighted by atomic mass is 19.2. The quantitative estimate of drug-likeness (QED) is 0.336. The Morgan fingerprint density at radius 3 is 2.39 bits per heavy atom. The monoisotopic (exact) mass is 653 g/mol. The van der Waals surface area contributed by atoms with Crippen LogP contribution in [0.15, 0.2) is 23.5 Å². The van der Waals surface area contributed by atoms with E-state index in [9.17, 15) is 33.0 Å². The number of carbonyl (C=O) groups is 2. The summed E-state index contributed by atoms with van der Waals surface area (Å²) in [6.45, 7) is 7.08. The van der Waals surface area contributed by atoms with E-state index in [1.165, 1.54) is 17.8 Å². The van der Waals surface area contributed by atoms with Crippen molar-refractivity contribution in [3.05, 3.63) is 35.8 Å². The zero-order valence-corrected chi connectivity index (χ0v) is 25.9. The fourth-order valence-corrected chi connectivity index (χ4v) is 6.06. The summed E-state index contributed by atoms with van der Waals surface area (Å²) in [6.07, 6.45) is -2.17. The van der Waals surface area contributed by atoms with Crippen molar-refractivity contribution in [3.63, 3.8) is 0 Å². The van der Waals surface area contributed by atoms with Gasteiger partial charge in [-0.1, -0.05) is 10.4 Å². The number of rotatable bonds is 7. The molecule has 0 unspecified atom stereocenters. The smallest absolute Gasteiger partial charge is 0.410 e. The number of aliphatic hydroxyl groups excluding tert-OH is 2. The van der Waals surface area contributed by atoms with Crippen LogP contribution in [0.3, 0.4) is 0 Å². The first kappa shape index (κ1) is 33.6. The molecule has 13 nitrogen and oxygen atoms in total. The molecule has 6 atom stereocenters. The van der Waals surface area contributed by atoms with Gasteiger partial charge >= 0.3 is 12.1 Å². The molecule has 16 heteroatoms. The SMILES string of the molecule is CC(=O)O[C@@H]1[C@@H](n2cc(-c3cc(F)c(F)c(F)c3)nn2)[C@@H](O)[C@@H](CO)O[C@@H]1C[C@H]1CC(C2CCN(C(=O)OC(C)(C)C)CC2)=NO1. The Bertz CT molecular complexity index is 1440. The van der Waals surface area contributed by atoms with E-state index >= 15 is 0 Å². The lowest BCUT2D eigenvalue weighted by Gasteiger charge is -2.44. The highest BCUT2D eigenvalue weighted by molar-refractivity contribution is 5.88. The van der Waals surface area contributed by atoms with E-state index in [0.717, 1.165) is 17.8 Å². The highest BCUT2D eigenvalue weighted by Crippen LogP contribution is 2.37. The molecule has 4 heterocycles. The second-order valence-corrected chi connectivity index (χ2v) is 12.8. The molecule has 1 aromatic carbocycles. The molecule has 2 saturated heterocycles. The number of oxime groups is 1. The summed E-state index contributed by atoms with van der Waals surface area (Å²) < 4.78 is 59.6. The van der Waals surface area contributed by atoms with Gasteiger partial charge in [0.1, 0.15) is 41.8 Å². The fraction of sp³-hybridized carbons (Fsp3) is 0.633. The van der Waals surface area contributed by atoms with Crippen molar-refractivity contribution < 1.29 is 52.0 Å². The van der Waals surface area contributed by atoms with Crippen LogP contribution in [0.1, 0.15) is 59.4 Å². The number of halogens is 3.